The molecule has 11 heteroatoms. The number of fused-ring (bicyclic) bond motifs is 20. The van der Waals surface area contributed by atoms with Gasteiger partial charge in [0, 0.05) is 40.4 Å². The summed E-state index contributed by atoms with van der Waals surface area (Å²) in [6, 6.07) is 0.112. The van der Waals surface area contributed by atoms with Gasteiger partial charge < -0.3 is 11.5 Å². The van der Waals surface area contributed by atoms with Crippen LogP contribution in [0.5, 0.6) is 0 Å². The van der Waals surface area contributed by atoms with Crippen molar-refractivity contribution < 1.29 is 22.4 Å². The molecule has 0 aromatic heterocycles. The summed E-state index contributed by atoms with van der Waals surface area (Å²) in [5, 5.41) is 33.4. The minimum atomic E-state index is 0. The molecule has 18 unspecified atom stereocenters. The summed E-state index contributed by atoms with van der Waals surface area (Å²) < 4.78 is 0. The third-order valence-corrected chi connectivity index (χ3v) is 14.1. The van der Waals surface area contributed by atoms with Gasteiger partial charge in [0.25, 0.3) is 0 Å². The van der Waals surface area contributed by atoms with Crippen LogP contribution < -0.4 is 54.0 Å². The van der Waals surface area contributed by atoms with Crippen LogP contribution in [0.1, 0.15) is 89.9 Å². The standard InChI is InChI=1S/C32H58N10.Ag/c33-22-14-13-21-23(24(22)34)32-41-30-20-12-6-5-11-19(20)28(39-30)37-26-16-8-2-1-7-15(16)25(35-26)36-27-17-9-3-4-10-18(17)29(38-27)40-31(21)42-32;/h15-32,35-42H,1-14,33-34H2;. The molecule has 18 atom stereocenters. The Morgan fingerprint density at radius 2 is 0.605 bits per heavy atom. The Kier molecular flexibility index (Phi) is 8.85. The van der Waals surface area contributed by atoms with Gasteiger partial charge in [-0.25, -0.2) is 0 Å². The van der Waals surface area contributed by atoms with Crippen LogP contribution in [-0.2, 0) is 22.4 Å². The predicted molar refractivity (Wildman–Crippen MR) is 164 cm³/mol. The molecule has 0 aromatic rings. The Bertz CT molecular complexity index is 988. The van der Waals surface area contributed by atoms with Crippen molar-refractivity contribution in [2.45, 2.75) is 151 Å². The third kappa shape index (κ3) is 5.27. The summed E-state index contributed by atoms with van der Waals surface area (Å²) in [5.74, 6) is 4.97. The largest absolute Gasteiger partial charge is 0.326 e. The van der Waals surface area contributed by atoms with E-state index in [0.29, 0.717) is 84.3 Å². The molecule has 9 aliphatic rings. The maximum Gasteiger partial charge on any atom is 0.0644 e. The molecule has 5 heterocycles. The second-order valence-electron chi connectivity index (χ2n) is 16.1. The van der Waals surface area contributed by atoms with Crippen molar-refractivity contribution in [3.05, 3.63) is 0 Å². The summed E-state index contributed by atoms with van der Waals surface area (Å²) >= 11 is 0. The number of rotatable bonds is 0. The van der Waals surface area contributed by atoms with Crippen molar-refractivity contribution in [2.24, 2.45) is 58.8 Å². The van der Waals surface area contributed by atoms with Gasteiger partial charge in [-0.1, -0.05) is 38.5 Å². The normalized spacial score (nSPS) is 57.6. The van der Waals surface area contributed by atoms with Crippen molar-refractivity contribution in [3.8, 4) is 0 Å². The van der Waals surface area contributed by atoms with Crippen molar-refractivity contribution in [1.82, 2.24) is 42.5 Å². The predicted octanol–water partition coefficient (Wildman–Crippen LogP) is 0.478. The first-order chi connectivity index (χ1) is 20.6. The molecule has 0 amide bonds. The van der Waals surface area contributed by atoms with E-state index in [1.165, 1.54) is 77.0 Å². The fraction of sp³-hybridized carbons (Fsp3) is 1.00. The van der Waals surface area contributed by atoms with E-state index in [4.69, 9.17) is 11.5 Å². The first kappa shape index (κ1) is 30.7. The van der Waals surface area contributed by atoms with Crippen LogP contribution in [0.4, 0.5) is 0 Å². The zero-order chi connectivity index (χ0) is 27.9. The van der Waals surface area contributed by atoms with Gasteiger partial charge in [-0.05, 0) is 92.8 Å². The summed E-state index contributed by atoms with van der Waals surface area (Å²) in [7, 11) is 0. The third-order valence-electron chi connectivity index (χ3n) is 14.1. The number of hydrogen-bond donors (Lipinski definition) is 10. The van der Waals surface area contributed by atoms with E-state index in [0.717, 1.165) is 12.8 Å². The van der Waals surface area contributed by atoms with Crippen LogP contribution in [0.15, 0.2) is 0 Å². The van der Waals surface area contributed by atoms with E-state index in [-0.39, 0.29) is 46.8 Å². The second-order valence-corrected chi connectivity index (χ2v) is 16.1. The maximum absolute atomic E-state index is 6.97. The Balaban J connectivity index is 0.00000278. The molecular weight excluding hydrogens is 632 g/mol. The Labute approximate surface area is 274 Å². The molecule has 10 nitrogen and oxygen atoms in total. The van der Waals surface area contributed by atoms with E-state index in [2.05, 4.69) is 42.5 Å². The van der Waals surface area contributed by atoms with Gasteiger partial charge in [-0.15, -0.1) is 0 Å². The first-order valence-electron chi connectivity index (χ1n) is 18.2. The molecule has 5 aliphatic heterocycles. The number of nitrogens with two attached hydrogens (primary N) is 2. The fourth-order valence-electron chi connectivity index (χ4n) is 12.1. The summed E-state index contributed by atoms with van der Waals surface area (Å²) in [6.45, 7) is 0. The molecule has 1 radical (unpaired) electrons. The molecule has 8 bridgehead atoms. The minimum Gasteiger partial charge on any atom is -0.326 e. The van der Waals surface area contributed by atoms with Crippen LogP contribution in [0.2, 0.25) is 0 Å². The molecule has 43 heavy (non-hydrogen) atoms. The molecule has 0 spiro atoms. The van der Waals surface area contributed by atoms with Gasteiger partial charge in [0.05, 0.1) is 49.3 Å². The van der Waals surface area contributed by atoms with Gasteiger partial charge in [-0.2, -0.15) is 0 Å². The zero-order valence-electron chi connectivity index (χ0n) is 25.7. The average molecular weight is 691 g/mol. The van der Waals surface area contributed by atoms with Crippen molar-refractivity contribution in [2.75, 3.05) is 0 Å². The van der Waals surface area contributed by atoms with Crippen molar-refractivity contribution in [3.63, 3.8) is 0 Å². The number of hydrogen-bond acceptors (Lipinski definition) is 10. The summed E-state index contributed by atoms with van der Waals surface area (Å²) in [4.78, 5) is 0. The maximum atomic E-state index is 6.97. The molecule has 4 aliphatic carbocycles. The minimum absolute atomic E-state index is 0. The van der Waals surface area contributed by atoms with Gasteiger partial charge in [-0.3, -0.25) is 42.5 Å². The average Bonchev–Trinajstić information content (AvgIpc) is 3.74. The molecule has 9 fully saturated rings. The van der Waals surface area contributed by atoms with E-state index in [9.17, 15) is 0 Å². The smallest absolute Gasteiger partial charge is 0.0644 e. The van der Waals surface area contributed by atoms with Gasteiger partial charge in [0.15, 0.2) is 0 Å². The summed E-state index contributed by atoms with van der Waals surface area (Å²) in [5.41, 5.74) is 13.6. The quantitative estimate of drug-likeness (QED) is 0.163. The molecule has 247 valence electrons. The van der Waals surface area contributed by atoms with E-state index < -0.39 is 0 Å². The Hall–Kier alpha value is 0.340. The molecule has 4 saturated carbocycles. The Morgan fingerprint density at radius 3 is 0.930 bits per heavy atom. The van der Waals surface area contributed by atoms with Crippen molar-refractivity contribution >= 4 is 0 Å². The van der Waals surface area contributed by atoms with Crippen LogP contribution >= 0.6 is 0 Å². The summed E-state index contributed by atoms with van der Waals surface area (Å²) in [6.07, 6.45) is 20.9. The zero-order valence-corrected chi connectivity index (χ0v) is 27.2. The van der Waals surface area contributed by atoms with Gasteiger partial charge in [0.2, 0.25) is 0 Å². The van der Waals surface area contributed by atoms with Crippen LogP contribution in [0.25, 0.3) is 0 Å². The molecule has 12 N–H and O–H groups in total. The van der Waals surface area contributed by atoms with Crippen molar-refractivity contribution in [1.29, 1.82) is 0 Å². The molecular formula is C32H58AgN10. The topological polar surface area (TPSA) is 148 Å². The van der Waals surface area contributed by atoms with Crippen LogP contribution in [0.3, 0.4) is 0 Å². The van der Waals surface area contributed by atoms with E-state index >= 15 is 0 Å². The van der Waals surface area contributed by atoms with Gasteiger partial charge >= 0.3 is 0 Å². The van der Waals surface area contributed by atoms with E-state index in [1.807, 2.05) is 0 Å². The monoisotopic (exact) mass is 689 g/mol. The second kappa shape index (κ2) is 12.4. The van der Waals surface area contributed by atoms with Crippen LogP contribution in [0, 0.1) is 47.3 Å². The molecule has 9 rings (SSSR count). The number of nitrogens with one attached hydrogen (secondary N) is 8. The molecule has 0 aromatic carbocycles. The van der Waals surface area contributed by atoms with Gasteiger partial charge in [0.1, 0.15) is 0 Å². The van der Waals surface area contributed by atoms with E-state index in [1.54, 1.807) is 0 Å². The SMILES string of the molecule is NC1CCC2C3NC4NC(NC5NC(NC6NC(NC(N3)C2C1N)C1CCCCC61)C1CCCCC51)C1CCCCC41.[Ag]. The van der Waals surface area contributed by atoms with Crippen LogP contribution in [-0.4, -0.2) is 61.4 Å². The molecule has 5 saturated heterocycles. The fourth-order valence-corrected chi connectivity index (χ4v) is 12.1. The first-order valence-corrected chi connectivity index (χ1v) is 18.2. The Morgan fingerprint density at radius 1 is 0.326 bits per heavy atom.